The van der Waals surface area contributed by atoms with Crippen LogP contribution in [0.1, 0.15) is 18.3 Å². The standard InChI is InChI=1S/C32H29N2O5PS/c1-2-41(36,37)29-22-20-25(21-23-29)31-30(19-12-24-33-31)32(34-26-13-6-3-7-14-26)40(35,38-27-15-8-4-9-16-27)39-28-17-10-5-11-18-28/h3-24,32,34H,2H2,1H3. The van der Waals surface area contributed by atoms with Crippen LogP contribution in [-0.2, 0) is 14.4 Å². The average Bonchev–Trinajstić information content (AvgIpc) is 3.01. The summed E-state index contributed by atoms with van der Waals surface area (Å²) in [6.45, 7) is 1.61. The molecule has 1 aromatic heterocycles. The summed E-state index contributed by atoms with van der Waals surface area (Å²) >= 11 is 0. The van der Waals surface area contributed by atoms with Crippen LogP contribution in [-0.4, -0.2) is 19.2 Å². The van der Waals surface area contributed by atoms with Crippen LogP contribution in [0, 0.1) is 0 Å². The molecule has 1 heterocycles. The van der Waals surface area contributed by atoms with Crippen molar-refractivity contribution in [3.8, 4) is 22.8 Å². The van der Waals surface area contributed by atoms with E-state index >= 15 is 4.57 Å². The van der Waals surface area contributed by atoms with Crippen LogP contribution in [0.5, 0.6) is 11.5 Å². The molecule has 5 aromatic rings. The van der Waals surface area contributed by atoms with Gasteiger partial charge in [0.05, 0.1) is 16.3 Å². The zero-order valence-corrected chi connectivity index (χ0v) is 24.0. The number of nitrogens with one attached hydrogen (secondary N) is 1. The van der Waals surface area contributed by atoms with Gasteiger partial charge in [0.1, 0.15) is 11.5 Å². The second-order valence-corrected chi connectivity index (χ2v) is 13.4. The third-order valence-corrected chi connectivity index (χ3v) is 10.1. The molecule has 0 fully saturated rings. The zero-order valence-electron chi connectivity index (χ0n) is 22.3. The second kappa shape index (κ2) is 12.4. The lowest BCUT2D eigenvalue weighted by atomic mass is 10.1. The molecule has 208 valence electrons. The van der Waals surface area contributed by atoms with E-state index < -0.39 is 23.2 Å². The number of rotatable bonds is 11. The van der Waals surface area contributed by atoms with Gasteiger partial charge in [-0.25, -0.2) is 13.0 Å². The fourth-order valence-corrected chi connectivity index (χ4v) is 7.09. The molecule has 1 N–H and O–H groups in total. The van der Waals surface area contributed by atoms with E-state index in [1.54, 1.807) is 92.0 Å². The van der Waals surface area contributed by atoms with Crippen molar-refractivity contribution < 1.29 is 22.0 Å². The van der Waals surface area contributed by atoms with Gasteiger partial charge in [0.2, 0.25) is 0 Å². The molecule has 0 saturated carbocycles. The second-order valence-electron chi connectivity index (χ2n) is 9.13. The molecule has 0 bridgehead atoms. The van der Waals surface area contributed by atoms with E-state index in [1.165, 1.54) is 0 Å². The quantitative estimate of drug-likeness (QED) is 0.157. The number of aromatic nitrogens is 1. The zero-order chi connectivity index (χ0) is 28.7. The highest BCUT2D eigenvalue weighted by Crippen LogP contribution is 2.61. The van der Waals surface area contributed by atoms with Crippen molar-refractivity contribution in [2.75, 3.05) is 11.1 Å². The van der Waals surface area contributed by atoms with Crippen molar-refractivity contribution in [2.24, 2.45) is 0 Å². The van der Waals surface area contributed by atoms with Gasteiger partial charge in [-0.05, 0) is 54.6 Å². The SMILES string of the molecule is CCS(=O)(=O)c1ccc(-c2ncccc2C(Nc2ccccc2)P(=O)(Oc2ccccc2)Oc2ccccc2)cc1. The monoisotopic (exact) mass is 584 g/mol. The van der Waals surface area contributed by atoms with Crippen LogP contribution in [0.4, 0.5) is 5.69 Å². The first-order valence-corrected chi connectivity index (χ1v) is 16.3. The highest BCUT2D eigenvalue weighted by Gasteiger charge is 2.42. The highest BCUT2D eigenvalue weighted by molar-refractivity contribution is 7.91. The fourth-order valence-electron chi connectivity index (χ4n) is 4.27. The molecule has 0 aliphatic heterocycles. The molecular weight excluding hydrogens is 555 g/mol. The molecule has 9 heteroatoms. The summed E-state index contributed by atoms with van der Waals surface area (Å²) in [5.74, 6) is -0.244. The van der Waals surface area contributed by atoms with E-state index in [0.717, 1.165) is 0 Å². The number of hydrogen-bond acceptors (Lipinski definition) is 7. The summed E-state index contributed by atoms with van der Waals surface area (Å²) in [5.41, 5.74) is 2.42. The Balaban J connectivity index is 1.66. The molecule has 0 aliphatic carbocycles. The van der Waals surface area contributed by atoms with Crippen LogP contribution in [0.15, 0.2) is 138 Å². The Kier molecular flexibility index (Phi) is 8.53. The topological polar surface area (TPSA) is 94.6 Å². The maximum absolute atomic E-state index is 15.1. The number of benzene rings is 4. The predicted octanol–water partition coefficient (Wildman–Crippen LogP) is 8.00. The van der Waals surface area contributed by atoms with Crippen LogP contribution in [0.2, 0.25) is 0 Å². The Hall–Kier alpha value is -4.39. The van der Waals surface area contributed by atoms with E-state index in [1.807, 2.05) is 48.5 Å². The van der Waals surface area contributed by atoms with Crippen molar-refractivity contribution in [2.45, 2.75) is 17.6 Å². The van der Waals surface area contributed by atoms with Crippen LogP contribution < -0.4 is 14.4 Å². The van der Waals surface area contributed by atoms with Crippen LogP contribution in [0.25, 0.3) is 11.3 Å². The van der Waals surface area contributed by atoms with Gasteiger partial charge < -0.3 is 14.4 Å². The molecule has 0 saturated heterocycles. The number of anilines is 1. The number of pyridine rings is 1. The summed E-state index contributed by atoms with van der Waals surface area (Å²) in [6.07, 6.45) is 1.64. The smallest absolute Gasteiger partial charge is 0.414 e. The van der Waals surface area contributed by atoms with Crippen molar-refractivity contribution in [3.63, 3.8) is 0 Å². The number of sulfone groups is 1. The lowest BCUT2D eigenvalue weighted by Crippen LogP contribution is -2.19. The summed E-state index contributed by atoms with van der Waals surface area (Å²) in [4.78, 5) is 4.86. The summed E-state index contributed by atoms with van der Waals surface area (Å²) in [6, 6.07) is 37.2. The van der Waals surface area contributed by atoms with Gasteiger partial charge in [-0.15, -0.1) is 0 Å². The van der Waals surface area contributed by atoms with Crippen molar-refractivity contribution >= 4 is 23.1 Å². The van der Waals surface area contributed by atoms with E-state index in [9.17, 15) is 8.42 Å². The molecule has 5 rings (SSSR count). The largest absolute Gasteiger partial charge is 0.457 e. The summed E-state index contributed by atoms with van der Waals surface area (Å²) < 4.78 is 52.3. The maximum atomic E-state index is 15.1. The molecule has 0 aliphatic rings. The molecule has 7 nitrogen and oxygen atoms in total. The molecule has 0 radical (unpaired) electrons. The van der Waals surface area contributed by atoms with E-state index in [4.69, 9.17) is 9.05 Å². The minimum Gasteiger partial charge on any atom is -0.414 e. The Morgan fingerprint density at radius 2 is 1.27 bits per heavy atom. The minimum absolute atomic E-state index is 0.00108. The van der Waals surface area contributed by atoms with Gasteiger partial charge in [-0.1, -0.05) is 79.7 Å². The van der Waals surface area contributed by atoms with E-state index in [-0.39, 0.29) is 10.6 Å². The molecule has 4 aromatic carbocycles. The van der Waals surface area contributed by atoms with Gasteiger partial charge in [-0.3, -0.25) is 4.98 Å². The first kappa shape index (κ1) is 28.1. The minimum atomic E-state index is -4.10. The summed E-state index contributed by atoms with van der Waals surface area (Å²) in [7, 11) is -7.47. The van der Waals surface area contributed by atoms with Gasteiger partial charge in [0.15, 0.2) is 15.6 Å². The number of nitrogens with zero attached hydrogens (tertiary/aromatic N) is 1. The molecular formula is C32H29N2O5PS. The van der Waals surface area contributed by atoms with E-state index in [0.29, 0.717) is 34.0 Å². The lowest BCUT2D eigenvalue weighted by Gasteiger charge is -2.30. The van der Waals surface area contributed by atoms with Gasteiger partial charge in [0.25, 0.3) is 0 Å². The Morgan fingerprint density at radius 1 is 0.732 bits per heavy atom. The highest BCUT2D eigenvalue weighted by atomic mass is 32.2. The average molecular weight is 585 g/mol. The Bertz CT molecular complexity index is 1690. The van der Waals surface area contributed by atoms with Gasteiger partial charge >= 0.3 is 7.60 Å². The Labute approximate surface area is 240 Å². The Morgan fingerprint density at radius 3 is 1.80 bits per heavy atom. The first-order valence-electron chi connectivity index (χ1n) is 13.1. The molecule has 0 spiro atoms. The lowest BCUT2D eigenvalue weighted by molar-refractivity contribution is 0.376. The van der Waals surface area contributed by atoms with Gasteiger partial charge in [0, 0.05) is 23.0 Å². The van der Waals surface area contributed by atoms with Crippen LogP contribution >= 0.6 is 7.60 Å². The third-order valence-electron chi connectivity index (χ3n) is 6.35. The van der Waals surface area contributed by atoms with Crippen molar-refractivity contribution in [1.29, 1.82) is 0 Å². The molecule has 41 heavy (non-hydrogen) atoms. The molecule has 1 atom stereocenters. The summed E-state index contributed by atoms with van der Waals surface area (Å²) in [5, 5.41) is 3.38. The van der Waals surface area contributed by atoms with Crippen molar-refractivity contribution in [3.05, 3.63) is 139 Å². The van der Waals surface area contributed by atoms with Crippen molar-refractivity contribution in [1.82, 2.24) is 4.98 Å². The number of para-hydroxylation sites is 3. The molecule has 0 amide bonds. The maximum Gasteiger partial charge on any atom is 0.457 e. The first-order chi connectivity index (χ1) is 19.9. The third kappa shape index (κ3) is 6.68. The van der Waals surface area contributed by atoms with E-state index in [2.05, 4.69) is 10.3 Å². The predicted molar refractivity (Wildman–Crippen MR) is 162 cm³/mol. The fraction of sp³-hybridized carbons (Fsp3) is 0.0938. The van der Waals surface area contributed by atoms with Gasteiger partial charge in [-0.2, -0.15) is 0 Å². The molecule has 1 unspecified atom stereocenters. The van der Waals surface area contributed by atoms with Crippen LogP contribution in [0.3, 0.4) is 0 Å². The number of hydrogen-bond donors (Lipinski definition) is 1. The normalized spacial score (nSPS) is 12.3.